The van der Waals surface area contributed by atoms with Crippen LogP contribution in [0.3, 0.4) is 0 Å². The van der Waals surface area contributed by atoms with Crippen LogP contribution in [0.5, 0.6) is 0 Å². The summed E-state index contributed by atoms with van der Waals surface area (Å²) in [5.74, 6) is 0.173. The minimum atomic E-state index is -0.184. The van der Waals surface area contributed by atoms with Crippen molar-refractivity contribution in [1.82, 2.24) is 4.98 Å². The van der Waals surface area contributed by atoms with E-state index in [0.717, 1.165) is 11.4 Å². The third kappa shape index (κ3) is 3.35. The van der Waals surface area contributed by atoms with Crippen LogP contribution in [0.2, 0.25) is 0 Å². The zero-order chi connectivity index (χ0) is 14.8. The van der Waals surface area contributed by atoms with Crippen molar-refractivity contribution in [2.75, 3.05) is 11.1 Å². The molecule has 3 N–H and O–H groups in total. The van der Waals surface area contributed by atoms with Crippen molar-refractivity contribution in [2.45, 2.75) is 26.2 Å². The average Bonchev–Trinajstić information content (AvgIpc) is 2.38. The van der Waals surface area contributed by atoms with Crippen molar-refractivity contribution in [3.8, 4) is 0 Å². The van der Waals surface area contributed by atoms with E-state index in [1.165, 1.54) is 0 Å². The predicted molar refractivity (Wildman–Crippen MR) is 81.7 cm³/mol. The van der Waals surface area contributed by atoms with Crippen LogP contribution < -0.4 is 11.1 Å². The van der Waals surface area contributed by atoms with Gasteiger partial charge in [0.2, 0.25) is 0 Å². The molecule has 0 spiro atoms. The molecule has 0 bridgehead atoms. The highest BCUT2D eigenvalue weighted by Crippen LogP contribution is 2.23. The summed E-state index contributed by atoms with van der Waals surface area (Å²) >= 11 is 0. The van der Waals surface area contributed by atoms with E-state index in [0.29, 0.717) is 11.4 Å². The van der Waals surface area contributed by atoms with Crippen LogP contribution in [0.4, 0.5) is 11.5 Å². The number of rotatable bonds is 2. The van der Waals surface area contributed by atoms with Crippen LogP contribution in [0.1, 0.15) is 36.8 Å². The molecule has 2 rings (SSSR count). The molecule has 0 aliphatic heterocycles. The summed E-state index contributed by atoms with van der Waals surface area (Å²) in [5.41, 5.74) is 7.72. The van der Waals surface area contributed by atoms with Gasteiger partial charge in [0.05, 0.1) is 0 Å². The Kier molecular flexibility index (Phi) is 3.74. The summed E-state index contributed by atoms with van der Waals surface area (Å²) in [5, 5.41) is 2.84. The van der Waals surface area contributed by atoms with Crippen molar-refractivity contribution in [3.63, 3.8) is 0 Å². The molecule has 20 heavy (non-hydrogen) atoms. The molecule has 1 amide bonds. The smallest absolute Gasteiger partial charge is 0.255 e. The third-order valence-corrected chi connectivity index (χ3v) is 2.91. The van der Waals surface area contributed by atoms with E-state index in [1.54, 1.807) is 12.1 Å². The van der Waals surface area contributed by atoms with Crippen molar-refractivity contribution in [2.24, 2.45) is 0 Å². The lowest BCUT2D eigenvalue weighted by Gasteiger charge is -2.19. The predicted octanol–water partition coefficient (Wildman–Crippen LogP) is 3.21. The summed E-state index contributed by atoms with van der Waals surface area (Å²) in [4.78, 5) is 16.5. The summed E-state index contributed by atoms with van der Waals surface area (Å²) in [7, 11) is 0. The summed E-state index contributed by atoms with van der Waals surface area (Å²) in [6.45, 7) is 6.11. The van der Waals surface area contributed by atoms with Crippen molar-refractivity contribution < 1.29 is 4.79 Å². The van der Waals surface area contributed by atoms with E-state index in [9.17, 15) is 4.79 Å². The van der Waals surface area contributed by atoms with Gasteiger partial charge >= 0.3 is 0 Å². The summed E-state index contributed by atoms with van der Waals surface area (Å²) in [6, 6.07) is 12.7. The molecule has 0 aliphatic rings. The number of carbonyl (C=O) groups excluding carboxylic acids is 1. The highest BCUT2D eigenvalue weighted by molar-refractivity contribution is 6.04. The number of para-hydroxylation sites is 1. The van der Waals surface area contributed by atoms with Crippen LogP contribution in [0.15, 0.2) is 42.5 Å². The number of hydrogen-bond donors (Lipinski definition) is 2. The first-order valence-corrected chi connectivity index (χ1v) is 6.51. The Balaban J connectivity index is 2.29. The fraction of sp³-hybridized carbons (Fsp3) is 0.250. The van der Waals surface area contributed by atoms with Gasteiger partial charge < -0.3 is 11.1 Å². The topological polar surface area (TPSA) is 68.0 Å². The first kappa shape index (κ1) is 14.1. The normalized spacial score (nSPS) is 11.2. The molecule has 0 atom stereocenters. The largest absolute Gasteiger partial charge is 0.384 e. The summed E-state index contributed by atoms with van der Waals surface area (Å²) in [6.07, 6.45) is 0. The number of aromatic nitrogens is 1. The SMILES string of the molecule is CC(C)(C)c1cc(C(=O)Nc2ccccc2)cc(N)n1. The van der Waals surface area contributed by atoms with Gasteiger partial charge in [0.15, 0.2) is 0 Å². The van der Waals surface area contributed by atoms with E-state index in [-0.39, 0.29) is 11.3 Å². The Bertz CT molecular complexity index is 615. The highest BCUT2D eigenvalue weighted by atomic mass is 16.1. The first-order chi connectivity index (χ1) is 9.36. The van der Waals surface area contributed by atoms with Gasteiger partial charge in [-0.25, -0.2) is 4.98 Å². The minimum Gasteiger partial charge on any atom is -0.384 e. The lowest BCUT2D eigenvalue weighted by atomic mass is 9.90. The average molecular weight is 269 g/mol. The molecule has 0 unspecified atom stereocenters. The number of nitrogens with zero attached hydrogens (tertiary/aromatic N) is 1. The molecule has 0 saturated heterocycles. The van der Waals surface area contributed by atoms with Gasteiger partial charge in [-0.3, -0.25) is 4.79 Å². The number of amides is 1. The molecule has 4 heteroatoms. The van der Waals surface area contributed by atoms with Crippen molar-refractivity contribution in [3.05, 3.63) is 53.7 Å². The molecule has 0 aliphatic carbocycles. The maximum absolute atomic E-state index is 12.3. The molecule has 1 aromatic carbocycles. The molecular formula is C16H19N3O. The molecular weight excluding hydrogens is 250 g/mol. The van der Waals surface area contributed by atoms with Crippen LogP contribution >= 0.6 is 0 Å². The van der Waals surface area contributed by atoms with Crippen LogP contribution in [0.25, 0.3) is 0 Å². The molecule has 1 aromatic heterocycles. The van der Waals surface area contributed by atoms with Gasteiger partial charge in [0.1, 0.15) is 5.82 Å². The first-order valence-electron chi connectivity index (χ1n) is 6.51. The Morgan fingerprint density at radius 2 is 1.80 bits per heavy atom. The fourth-order valence-electron chi connectivity index (χ4n) is 1.79. The van der Waals surface area contributed by atoms with Gasteiger partial charge in [0, 0.05) is 22.4 Å². The van der Waals surface area contributed by atoms with E-state index < -0.39 is 0 Å². The second-order valence-corrected chi connectivity index (χ2v) is 5.74. The van der Waals surface area contributed by atoms with E-state index in [2.05, 4.69) is 10.3 Å². The maximum atomic E-state index is 12.3. The standard InChI is InChI=1S/C16H19N3O/c1-16(2,3)13-9-11(10-14(17)19-13)15(20)18-12-7-5-4-6-8-12/h4-10H,1-3H3,(H2,17,19)(H,18,20). The Labute approximate surface area is 119 Å². The third-order valence-electron chi connectivity index (χ3n) is 2.91. The number of anilines is 2. The summed E-state index contributed by atoms with van der Waals surface area (Å²) < 4.78 is 0. The zero-order valence-electron chi connectivity index (χ0n) is 12.0. The minimum absolute atomic E-state index is 0.156. The van der Waals surface area contributed by atoms with Gasteiger partial charge in [-0.1, -0.05) is 39.0 Å². The van der Waals surface area contributed by atoms with Crippen LogP contribution in [-0.4, -0.2) is 10.9 Å². The van der Waals surface area contributed by atoms with Gasteiger partial charge in [0.25, 0.3) is 5.91 Å². The van der Waals surface area contributed by atoms with Crippen molar-refractivity contribution >= 4 is 17.4 Å². The number of pyridine rings is 1. The molecule has 0 fully saturated rings. The van der Waals surface area contributed by atoms with E-state index >= 15 is 0 Å². The second kappa shape index (κ2) is 5.33. The number of nitrogen functional groups attached to an aromatic ring is 1. The number of nitrogens with two attached hydrogens (primary N) is 1. The number of hydrogen-bond acceptors (Lipinski definition) is 3. The molecule has 104 valence electrons. The molecule has 4 nitrogen and oxygen atoms in total. The van der Waals surface area contributed by atoms with Gasteiger partial charge in [-0.15, -0.1) is 0 Å². The van der Waals surface area contributed by atoms with Gasteiger partial charge in [-0.05, 0) is 24.3 Å². The molecule has 2 aromatic rings. The monoisotopic (exact) mass is 269 g/mol. The maximum Gasteiger partial charge on any atom is 0.255 e. The second-order valence-electron chi connectivity index (χ2n) is 5.74. The lowest BCUT2D eigenvalue weighted by Crippen LogP contribution is -2.18. The lowest BCUT2D eigenvalue weighted by molar-refractivity contribution is 0.102. The number of nitrogens with one attached hydrogen (secondary N) is 1. The van der Waals surface area contributed by atoms with E-state index in [4.69, 9.17) is 5.73 Å². The van der Waals surface area contributed by atoms with Crippen molar-refractivity contribution in [1.29, 1.82) is 0 Å². The zero-order valence-corrected chi connectivity index (χ0v) is 12.0. The Morgan fingerprint density at radius 3 is 2.40 bits per heavy atom. The fourth-order valence-corrected chi connectivity index (χ4v) is 1.79. The highest BCUT2D eigenvalue weighted by Gasteiger charge is 2.18. The van der Waals surface area contributed by atoms with Crippen LogP contribution in [-0.2, 0) is 5.41 Å². The molecule has 0 saturated carbocycles. The van der Waals surface area contributed by atoms with Crippen LogP contribution in [0, 0.1) is 0 Å². The van der Waals surface area contributed by atoms with Gasteiger partial charge in [-0.2, -0.15) is 0 Å². The Morgan fingerprint density at radius 1 is 1.15 bits per heavy atom. The van der Waals surface area contributed by atoms with E-state index in [1.807, 2.05) is 51.1 Å². The number of benzene rings is 1. The number of carbonyl (C=O) groups is 1. The quantitative estimate of drug-likeness (QED) is 0.879. The molecule has 0 radical (unpaired) electrons. The molecule has 1 heterocycles. The Hall–Kier alpha value is -2.36.